The van der Waals surface area contributed by atoms with E-state index in [4.69, 9.17) is 5.11 Å². The predicted octanol–water partition coefficient (Wildman–Crippen LogP) is 1.62. The molecule has 0 bridgehead atoms. The Morgan fingerprint density at radius 2 is 1.96 bits per heavy atom. The first-order chi connectivity index (χ1) is 10.6. The average Bonchev–Trinajstić information content (AvgIpc) is 2.44. The molecule has 1 amide bonds. The van der Waals surface area contributed by atoms with Gasteiger partial charge in [-0.05, 0) is 12.1 Å². The number of carbonyl (C=O) groups is 2. The predicted molar refractivity (Wildman–Crippen MR) is 71.9 cm³/mol. The molecular weight excluding hydrogens is 323 g/mol. The summed E-state index contributed by atoms with van der Waals surface area (Å²) in [5.74, 6) is -1.85. The highest BCUT2D eigenvalue weighted by atomic mass is 19.4. The lowest BCUT2D eigenvalue weighted by molar-refractivity contribution is -0.384. The van der Waals surface area contributed by atoms with E-state index in [0.29, 0.717) is 12.1 Å². The number of carboxylic acid groups (broad SMARTS) is 1. The topological polar surface area (TPSA) is 122 Å². The van der Waals surface area contributed by atoms with Gasteiger partial charge in [-0.1, -0.05) is 0 Å². The van der Waals surface area contributed by atoms with Crippen LogP contribution < -0.4 is 10.6 Å². The summed E-state index contributed by atoms with van der Waals surface area (Å²) in [5, 5.41) is 23.7. The van der Waals surface area contributed by atoms with E-state index in [0.717, 1.165) is 6.07 Å². The minimum atomic E-state index is -4.71. The molecule has 0 spiro atoms. The SMILES string of the molecule is O=C(O)CNC(=O)CCNc1ccc(C(F)(F)F)cc1[N+](=O)[O-]. The lowest BCUT2D eigenvalue weighted by atomic mass is 10.1. The fourth-order valence-corrected chi connectivity index (χ4v) is 1.58. The van der Waals surface area contributed by atoms with Crippen LogP contribution in [-0.4, -0.2) is 35.0 Å². The van der Waals surface area contributed by atoms with Crippen LogP contribution in [0.3, 0.4) is 0 Å². The molecule has 1 aromatic carbocycles. The zero-order valence-electron chi connectivity index (χ0n) is 11.5. The van der Waals surface area contributed by atoms with Gasteiger partial charge in [0.05, 0.1) is 10.5 Å². The molecule has 1 aromatic rings. The lowest BCUT2D eigenvalue weighted by Gasteiger charge is -2.10. The second kappa shape index (κ2) is 7.42. The largest absolute Gasteiger partial charge is 0.480 e. The summed E-state index contributed by atoms with van der Waals surface area (Å²) in [5.41, 5.74) is -2.10. The molecule has 0 unspecified atom stereocenters. The summed E-state index contributed by atoms with van der Waals surface area (Å²) < 4.78 is 37.6. The molecular formula is C12H12F3N3O5. The van der Waals surface area contributed by atoms with Gasteiger partial charge in [-0.2, -0.15) is 13.2 Å². The number of hydrogen-bond donors (Lipinski definition) is 3. The molecule has 0 aliphatic heterocycles. The first kappa shape index (κ1) is 18.2. The molecule has 0 aliphatic rings. The zero-order valence-corrected chi connectivity index (χ0v) is 11.5. The van der Waals surface area contributed by atoms with Crippen molar-refractivity contribution < 1.29 is 32.8 Å². The summed E-state index contributed by atoms with van der Waals surface area (Å²) in [6.45, 7) is -0.684. The molecule has 1 rings (SSSR count). The second-order valence-corrected chi connectivity index (χ2v) is 4.33. The number of rotatable bonds is 7. The van der Waals surface area contributed by atoms with Crippen LogP contribution >= 0.6 is 0 Å². The van der Waals surface area contributed by atoms with Crippen LogP contribution in [0.1, 0.15) is 12.0 Å². The number of carbonyl (C=O) groups excluding carboxylic acids is 1. The molecule has 11 heteroatoms. The highest BCUT2D eigenvalue weighted by Gasteiger charge is 2.33. The Labute approximate surface area is 127 Å². The molecule has 0 saturated carbocycles. The maximum absolute atomic E-state index is 12.5. The Kier molecular flexibility index (Phi) is 5.87. The van der Waals surface area contributed by atoms with Gasteiger partial charge in [0.2, 0.25) is 5.91 Å². The number of nitro groups is 1. The van der Waals surface area contributed by atoms with Crippen molar-refractivity contribution in [3.63, 3.8) is 0 Å². The van der Waals surface area contributed by atoms with Gasteiger partial charge < -0.3 is 15.7 Å². The summed E-state index contributed by atoms with van der Waals surface area (Å²) in [6.07, 6.45) is -4.91. The van der Waals surface area contributed by atoms with Crippen molar-refractivity contribution in [3.8, 4) is 0 Å². The van der Waals surface area contributed by atoms with Crippen molar-refractivity contribution >= 4 is 23.3 Å². The van der Waals surface area contributed by atoms with E-state index < -0.39 is 40.8 Å². The first-order valence-electron chi connectivity index (χ1n) is 6.19. The third-order valence-electron chi connectivity index (χ3n) is 2.63. The number of benzene rings is 1. The number of alkyl halides is 3. The van der Waals surface area contributed by atoms with E-state index in [1.54, 1.807) is 0 Å². The quantitative estimate of drug-likeness (QED) is 0.514. The van der Waals surface area contributed by atoms with E-state index in [2.05, 4.69) is 10.6 Å². The first-order valence-corrected chi connectivity index (χ1v) is 6.19. The van der Waals surface area contributed by atoms with E-state index in [1.165, 1.54) is 0 Å². The number of halogens is 3. The van der Waals surface area contributed by atoms with Crippen molar-refractivity contribution in [2.45, 2.75) is 12.6 Å². The molecule has 0 aliphatic carbocycles. The van der Waals surface area contributed by atoms with Gasteiger partial charge >= 0.3 is 12.1 Å². The van der Waals surface area contributed by atoms with Gasteiger partial charge in [0.25, 0.3) is 5.69 Å². The summed E-state index contributed by atoms with van der Waals surface area (Å²) in [4.78, 5) is 31.3. The monoisotopic (exact) mass is 335 g/mol. The third-order valence-corrected chi connectivity index (χ3v) is 2.63. The summed E-state index contributed by atoms with van der Waals surface area (Å²) >= 11 is 0. The zero-order chi connectivity index (χ0) is 17.6. The standard InChI is InChI=1S/C12H12F3N3O5/c13-12(14,15)7-1-2-8(9(5-7)18(22)23)16-4-3-10(19)17-6-11(20)21/h1-2,5,16H,3-4,6H2,(H,17,19)(H,20,21). The lowest BCUT2D eigenvalue weighted by Crippen LogP contribution is -2.30. The van der Waals surface area contributed by atoms with E-state index >= 15 is 0 Å². The van der Waals surface area contributed by atoms with Gasteiger partial charge in [-0.15, -0.1) is 0 Å². The Hall–Kier alpha value is -2.85. The van der Waals surface area contributed by atoms with Gasteiger partial charge in [0.1, 0.15) is 12.2 Å². The van der Waals surface area contributed by atoms with Crippen LogP contribution in [0, 0.1) is 10.1 Å². The van der Waals surface area contributed by atoms with Gasteiger partial charge in [-0.25, -0.2) is 0 Å². The Balaban J connectivity index is 2.71. The molecule has 8 nitrogen and oxygen atoms in total. The van der Waals surface area contributed by atoms with Crippen LogP contribution in [0.25, 0.3) is 0 Å². The maximum atomic E-state index is 12.5. The second-order valence-electron chi connectivity index (χ2n) is 4.33. The fourth-order valence-electron chi connectivity index (χ4n) is 1.58. The summed E-state index contributed by atoms with van der Waals surface area (Å²) in [7, 11) is 0. The van der Waals surface area contributed by atoms with Gasteiger partial charge in [0.15, 0.2) is 0 Å². The van der Waals surface area contributed by atoms with Crippen LogP contribution in [-0.2, 0) is 15.8 Å². The molecule has 0 saturated heterocycles. The molecule has 0 heterocycles. The van der Waals surface area contributed by atoms with Crippen molar-refractivity contribution in [1.29, 1.82) is 0 Å². The number of hydrogen-bond acceptors (Lipinski definition) is 5. The number of aliphatic carboxylic acids is 1. The molecule has 23 heavy (non-hydrogen) atoms. The van der Waals surface area contributed by atoms with Crippen molar-refractivity contribution in [2.24, 2.45) is 0 Å². The van der Waals surface area contributed by atoms with Crippen LogP contribution in [0.4, 0.5) is 24.5 Å². The normalized spacial score (nSPS) is 10.9. The highest BCUT2D eigenvalue weighted by Crippen LogP contribution is 2.34. The molecule has 126 valence electrons. The number of nitro benzene ring substituents is 1. The van der Waals surface area contributed by atoms with E-state index in [9.17, 15) is 32.9 Å². The number of anilines is 1. The highest BCUT2D eigenvalue weighted by molar-refractivity contribution is 5.81. The molecule has 0 atom stereocenters. The van der Waals surface area contributed by atoms with Gasteiger partial charge in [0, 0.05) is 19.0 Å². The fraction of sp³-hybridized carbons (Fsp3) is 0.333. The van der Waals surface area contributed by atoms with Crippen LogP contribution in [0.15, 0.2) is 18.2 Å². The Morgan fingerprint density at radius 1 is 1.30 bits per heavy atom. The number of nitrogens with one attached hydrogen (secondary N) is 2. The number of carboxylic acids is 1. The Morgan fingerprint density at radius 3 is 2.48 bits per heavy atom. The molecule has 0 aromatic heterocycles. The van der Waals surface area contributed by atoms with E-state index in [1.807, 2.05) is 0 Å². The smallest absolute Gasteiger partial charge is 0.416 e. The van der Waals surface area contributed by atoms with Crippen LogP contribution in [0.5, 0.6) is 0 Å². The number of amides is 1. The van der Waals surface area contributed by atoms with E-state index in [-0.39, 0.29) is 18.7 Å². The van der Waals surface area contributed by atoms with Gasteiger partial charge in [-0.3, -0.25) is 19.7 Å². The molecule has 3 N–H and O–H groups in total. The van der Waals surface area contributed by atoms with Crippen molar-refractivity contribution in [3.05, 3.63) is 33.9 Å². The van der Waals surface area contributed by atoms with Crippen LogP contribution in [0.2, 0.25) is 0 Å². The summed E-state index contributed by atoms with van der Waals surface area (Å²) in [6, 6.07) is 1.97. The minimum absolute atomic E-state index is 0.113. The average molecular weight is 335 g/mol. The van der Waals surface area contributed by atoms with Crippen molar-refractivity contribution in [1.82, 2.24) is 5.32 Å². The minimum Gasteiger partial charge on any atom is -0.480 e. The molecule has 0 fully saturated rings. The Bertz CT molecular complexity index is 618. The number of nitrogens with zero attached hydrogens (tertiary/aromatic N) is 1. The van der Waals surface area contributed by atoms with Crippen molar-refractivity contribution in [2.75, 3.05) is 18.4 Å². The molecule has 0 radical (unpaired) electrons. The third kappa shape index (κ3) is 5.80. The maximum Gasteiger partial charge on any atom is 0.416 e.